The van der Waals surface area contributed by atoms with Crippen molar-refractivity contribution >= 4 is 23.3 Å². The van der Waals surface area contributed by atoms with Crippen molar-refractivity contribution in [2.24, 2.45) is 0 Å². The summed E-state index contributed by atoms with van der Waals surface area (Å²) < 4.78 is 5.10. The number of esters is 1. The first-order chi connectivity index (χ1) is 8.97. The van der Waals surface area contributed by atoms with Gasteiger partial charge in [-0.2, -0.15) is 0 Å². The number of ether oxygens (including phenoxy) is 1. The molecular formula is C14H18N2O3. The van der Waals surface area contributed by atoms with E-state index in [0.717, 1.165) is 11.4 Å². The van der Waals surface area contributed by atoms with Gasteiger partial charge in [-0.25, -0.2) is 4.79 Å². The first-order valence-electron chi connectivity index (χ1n) is 6.29. The van der Waals surface area contributed by atoms with Gasteiger partial charge in [0.1, 0.15) is 12.1 Å². The second-order valence-corrected chi connectivity index (χ2v) is 4.81. The van der Waals surface area contributed by atoms with Crippen LogP contribution in [0.15, 0.2) is 24.3 Å². The van der Waals surface area contributed by atoms with Gasteiger partial charge in [0.25, 0.3) is 0 Å². The summed E-state index contributed by atoms with van der Waals surface area (Å²) in [5.74, 6) is -0.260. The van der Waals surface area contributed by atoms with E-state index in [9.17, 15) is 9.59 Å². The number of carbonyl (C=O) groups is 2. The first-order valence-corrected chi connectivity index (χ1v) is 6.29. The molecule has 1 aromatic rings. The van der Waals surface area contributed by atoms with Crippen LogP contribution in [0.2, 0.25) is 0 Å². The number of amides is 1. The molecule has 1 heterocycles. The molecule has 1 aliphatic heterocycles. The van der Waals surface area contributed by atoms with Crippen LogP contribution in [0.5, 0.6) is 0 Å². The Bertz CT molecular complexity index is 501. The Labute approximate surface area is 112 Å². The highest BCUT2D eigenvalue weighted by Crippen LogP contribution is 2.23. The fourth-order valence-electron chi connectivity index (χ4n) is 2.06. The quantitative estimate of drug-likeness (QED) is 0.844. The third-order valence-electron chi connectivity index (χ3n) is 3.22. The molecule has 19 heavy (non-hydrogen) atoms. The van der Waals surface area contributed by atoms with Gasteiger partial charge in [-0.1, -0.05) is 6.07 Å². The summed E-state index contributed by atoms with van der Waals surface area (Å²) in [5.41, 5.74) is 1.60. The smallest absolute Gasteiger partial charge is 0.328 e. The lowest BCUT2D eigenvalue weighted by molar-refractivity contribution is -0.141. The molecule has 0 radical (unpaired) electrons. The Morgan fingerprint density at radius 2 is 2.21 bits per heavy atom. The van der Waals surface area contributed by atoms with Crippen LogP contribution in [0.3, 0.4) is 0 Å². The van der Waals surface area contributed by atoms with E-state index in [0.29, 0.717) is 6.42 Å². The minimum atomic E-state index is -0.312. The van der Waals surface area contributed by atoms with Gasteiger partial charge in [0, 0.05) is 31.8 Å². The number of benzene rings is 1. The molecule has 2 rings (SSSR count). The van der Waals surface area contributed by atoms with E-state index in [-0.39, 0.29) is 24.0 Å². The molecule has 1 aromatic carbocycles. The number of rotatable bonds is 3. The van der Waals surface area contributed by atoms with Gasteiger partial charge in [0.05, 0.1) is 0 Å². The van der Waals surface area contributed by atoms with Crippen LogP contribution in [-0.4, -0.2) is 31.1 Å². The lowest BCUT2D eigenvalue weighted by Crippen LogP contribution is -2.25. The minimum Gasteiger partial charge on any atom is -0.461 e. The zero-order valence-corrected chi connectivity index (χ0v) is 11.3. The van der Waals surface area contributed by atoms with Crippen LogP contribution in [0.4, 0.5) is 11.4 Å². The zero-order chi connectivity index (χ0) is 14.0. The van der Waals surface area contributed by atoms with E-state index in [1.165, 1.54) is 6.92 Å². The molecule has 0 aromatic heterocycles. The number of cyclic esters (lactones) is 1. The molecule has 1 fully saturated rings. The van der Waals surface area contributed by atoms with E-state index in [2.05, 4.69) is 5.32 Å². The van der Waals surface area contributed by atoms with Gasteiger partial charge in [-0.3, -0.25) is 4.79 Å². The van der Waals surface area contributed by atoms with E-state index >= 15 is 0 Å². The Balaban J connectivity index is 2.11. The molecule has 0 unspecified atom stereocenters. The highest BCUT2D eigenvalue weighted by molar-refractivity contribution is 5.91. The predicted molar refractivity (Wildman–Crippen MR) is 73.1 cm³/mol. The first kappa shape index (κ1) is 13.4. The van der Waals surface area contributed by atoms with Crippen LogP contribution < -0.4 is 10.2 Å². The molecule has 0 aliphatic carbocycles. The number of carbonyl (C=O) groups excluding carboxylic acids is 2. The highest BCUT2D eigenvalue weighted by atomic mass is 16.6. The van der Waals surface area contributed by atoms with E-state index in [1.54, 1.807) is 11.9 Å². The number of nitrogens with one attached hydrogen (secondary N) is 1. The van der Waals surface area contributed by atoms with Crippen molar-refractivity contribution in [1.82, 2.24) is 0 Å². The fraction of sp³-hybridized carbons (Fsp3) is 0.429. The average molecular weight is 262 g/mol. The van der Waals surface area contributed by atoms with Crippen molar-refractivity contribution in [3.05, 3.63) is 24.3 Å². The normalized spacial score (nSPS) is 21.9. The summed E-state index contributed by atoms with van der Waals surface area (Å²) in [6.07, 6.45) is 0.610. The zero-order valence-electron chi connectivity index (χ0n) is 11.3. The van der Waals surface area contributed by atoms with Gasteiger partial charge < -0.3 is 15.0 Å². The number of hydrogen-bond acceptors (Lipinski definition) is 4. The summed E-state index contributed by atoms with van der Waals surface area (Å²) >= 11 is 0. The molecule has 1 amide bonds. The number of anilines is 2. The molecule has 5 nitrogen and oxygen atoms in total. The van der Waals surface area contributed by atoms with Crippen molar-refractivity contribution in [2.75, 3.05) is 17.3 Å². The maximum absolute atomic E-state index is 11.6. The van der Waals surface area contributed by atoms with Crippen LogP contribution in [0.1, 0.15) is 20.3 Å². The number of hydrogen-bond donors (Lipinski definition) is 1. The topological polar surface area (TPSA) is 58.6 Å². The molecule has 0 bridgehead atoms. The molecule has 0 spiro atoms. The van der Waals surface area contributed by atoms with Crippen molar-refractivity contribution < 1.29 is 14.3 Å². The lowest BCUT2D eigenvalue weighted by atomic mass is 10.1. The highest BCUT2D eigenvalue weighted by Gasteiger charge is 2.31. The maximum atomic E-state index is 11.6. The van der Waals surface area contributed by atoms with E-state index in [1.807, 2.05) is 31.2 Å². The van der Waals surface area contributed by atoms with Gasteiger partial charge in [0.15, 0.2) is 0 Å². The third-order valence-corrected chi connectivity index (χ3v) is 3.22. The van der Waals surface area contributed by atoms with Crippen LogP contribution in [-0.2, 0) is 14.3 Å². The monoisotopic (exact) mass is 262 g/mol. The predicted octanol–water partition coefficient (Wildman–Crippen LogP) is 1.79. The summed E-state index contributed by atoms with van der Waals surface area (Å²) in [6, 6.07) is 7.10. The Morgan fingerprint density at radius 1 is 1.47 bits per heavy atom. The summed E-state index contributed by atoms with van der Waals surface area (Å²) in [6.45, 7) is 3.38. The number of nitrogens with zero attached hydrogens (tertiary/aromatic N) is 1. The summed E-state index contributed by atoms with van der Waals surface area (Å²) in [4.78, 5) is 24.4. The third kappa shape index (κ3) is 3.05. The lowest BCUT2D eigenvalue weighted by Gasteiger charge is -2.17. The summed E-state index contributed by atoms with van der Waals surface area (Å²) in [5, 5.41) is 3.14. The van der Waals surface area contributed by atoms with Crippen molar-refractivity contribution in [3.8, 4) is 0 Å². The average Bonchev–Trinajstić information content (AvgIpc) is 2.67. The maximum Gasteiger partial charge on any atom is 0.328 e. The Kier molecular flexibility index (Phi) is 3.74. The molecule has 1 aliphatic rings. The van der Waals surface area contributed by atoms with Gasteiger partial charge in [-0.15, -0.1) is 0 Å². The molecule has 1 N–H and O–H groups in total. The van der Waals surface area contributed by atoms with Crippen molar-refractivity contribution in [2.45, 2.75) is 32.4 Å². The molecule has 2 atom stereocenters. The molecule has 102 valence electrons. The standard InChI is InChI=1S/C14H18N2O3/c1-9-7-13(14(18)19-9)15-11-5-4-6-12(8-11)16(3)10(2)17/h4-6,8-9,13,15H,7H2,1-3H3/t9-,13+/m0/s1. The Morgan fingerprint density at radius 3 is 2.79 bits per heavy atom. The molecular weight excluding hydrogens is 244 g/mol. The molecule has 5 heteroatoms. The second-order valence-electron chi connectivity index (χ2n) is 4.81. The van der Waals surface area contributed by atoms with Crippen LogP contribution in [0.25, 0.3) is 0 Å². The second kappa shape index (κ2) is 5.30. The minimum absolute atomic E-state index is 0.0361. The molecule has 1 saturated heterocycles. The van der Waals surface area contributed by atoms with Gasteiger partial charge >= 0.3 is 5.97 Å². The van der Waals surface area contributed by atoms with E-state index < -0.39 is 0 Å². The fourth-order valence-corrected chi connectivity index (χ4v) is 2.06. The van der Waals surface area contributed by atoms with E-state index in [4.69, 9.17) is 4.74 Å². The van der Waals surface area contributed by atoms with Gasteiger partial charge in [0.2, 0.25) is 5.91 Å². The van der Waals surface area contributed by atoms with Crippen LogP contribution in [0, 0.1) is 0 Å². The Hall–Kier alpha value is -2.04. The van der Waals surface area contributed by atoms with Gasteiger partial charge in [-0.05, 0) is 25.1 Å². The van der Waals surface area contributed by atoms with Crippen molar-refractivity contribution in [1.29, 1.82) is 0 Å². The SMILES string of the molecule is CC(=O)N(C)c1cccc(N[C@@H]2C[C@H](C)OC2=O)c1. The van der Waals surface area contributed by atoms with Crippen LogP contribution >= 0.6 is 0 Å². The molecule has 0 saturated carbocycles. The van der Waals surface area contributed by atoms with Crippen molar-refractivity contribution in [3.63, 3.8) is 0 Å². The summed E-state index contributed by atoms with van der Waals surface area (Å²) in [7, 11) is 1.72. The largest absolute Gasteiger partial charge is 0.461 e.